The number of carbonyl (C=O) groups excluding carboxylic acids is 1. The minimum atomic E-state index is -0.971. The van der Waals surface area contributed by atoms with E-state index < -0.39 is 29.4 Å². The molecule has 1 heterocycles. The van der Waals surface area contributed by atoms with Crippen LogP contribution in [-0.2, 0) is 4.79 Å². The molecular weight excluding hydrogens is 271 g/mol. The molecule has 7 heteroatoms. The van der Waals surface area contributed by atoms with E-state index in [0.717, 1.165) is 18.3 Å². The van der Waals surface area contributed by atoms with Gasteiger partial charge in [-0.1, -0.05) is 0 Å². The fourth-order valence-corrected chi connectivity index (χ4v) is 1.52. The van der Waals surface area contributed by atoms with Crippen molar-refractivity contribution >= 4 is 23.1 Å². The number of anilines is 3. The molecule has 0 bridgehead atoms. The Morgan fingerprint density at radius 2 is 2.05 bits per heavy atom. The third kappa shape index (κ3) is 3.25. The van der Waals surface area contributed by atoms with E-state index in [2.05, 4.69) is 15.6 Å². The number of hydrogen-bond acceptors (Lipinski definition) is 3. The van der Waals surface area contributed by atoms with E-state index in [0.29, 0.717) is 6.07 Å². The first kappa shape index (κ1) is 12.5. The van der Waals surface area contributed by atoms with Crippen molar-refractivity contribution in [1.29, 1.82) is 0 Å². The summed E-state index contributed by atoms with van der Waals surface area (Å²) < 4.78 is 47.3. The van der Waals surface area contributed by atoms with Crippen LogP contribution in [0.1, 0.15) is 8.29 Å². The van der Waals surface area contributed by atoms with Gasteiger partial charge >= 0.3 is 0 Å². The highest BCUT2D eigenvalue weighted by molar-refractivity contribution is 5.93. The number of hydrogen-bond donors (Lipinski definition) is 2. The number of benzene rings is 1. The average molecular weight is 282 g/mol. The number of pyridine rings is 1. The molecule has 0 aliphatic carbocycles. The second-order valence-electron chi connectivity index (χ2n) is 3.90. The summed E-state index contributed by atoms with van der Waals surface area (Å²) in [4.78, 5) is 14.7. The van der Waals surface area contributed by atoms with Gasteiger partial charge in [0.2, 0.25) is 5.91 Å². The van der Waals surface area contributed by atoms with Crippen LogP contribution >= 0.6 is 0 Å². The number of amides is 1. The average Bonchev–Trinajstić information content (AvgIpc) is 2.38. The summed E-state index contributed by atoms with van der Waals surface area (Å²) in [6, 6.07) is 2.19. The van der Waals surface area contributed by atoms with Crippen LogP contribution in [0.2, 0.25) is 0 Å². The van der Waals surface area contributed by atoms with Crippen molar-refractivity contribution in [2.75, 3.05) is 10.6 Å². The predicted octanol–water partition coefficient (Wildman–Crippen LogP) is 3.20. The molecule has 0 saturated heterocycles. The molecule has 2 rings (SSSR count). The van der Waals surface area contributed by atoms with Crippen LogP contribution in [0, 0.1) is 17.5 Å². The fraction of sp³-hybridized carbons (Fsp3) is 0.0769. The molecule has 2 aromatic rings. The van der Waals surface area contributed by atoms with E-state index in [9.17, 15) is 18.0 Å². The van der Waals surface area contributed by atoms with Gasteiger partial charge in [-0.2, -0.15) is 0 Å². The van der Waals surface area contributed by atoms with Crippen LogP contribution in [-0.4, -0.2) is 10.9 Å². The zero-order valence-corrected chi connectivity index (χ0v) is 10.3. The molecule has 1 aromatic heterocycles. The Kier molecular flexibility index (Phi) is 3.49. The van der Waals surface area contributed by atoms with Crippen molar-refractivity contribution in [2.24, 2.45) is 0 Å². The van der Waals surface area contributed by atoms with Crippen LogP contribution in [0.4, 0.5) is 30.4 Å². The summed E-state index contributed by atoms with van der Waals surface area (Å²) in [7, 11) is 0. The van der Waals surface area contributed by atoms with Crippen LogP contribution < -0.4 is 10.6 Å². The Labute approximate surface area is 114 Å². The molecule has 0 atom stereocenters. The Hall–Kier alpha value is -2.57. The highest BCUT2D eigenvalue weighted by Gasteiger charge is 2.13. The Morgan fingerprint density at radius 3 is 2.70 bits per heavy atom. The van der Waals surface area contributed by atoms with Crippen LogP contribution in [0.3, 0.4) is 0 Å². The smallest absolute Gasteiger partial charge is 0.221 e. The van der Waals surface area contributed by atoms with E-state index in [4.69, 9.17) is 1.37 Å². The van der Waals surface area contributed by atoms with E-state index >= 15 is 0 Å². The number of nitrogens with one attached hydrogen (secondary N) is 2. The van der Waals surface area contributed by atoms with Gasteiger partial charge in [0.1, 0.15) is 23.1 Å². The van der Waals surface area contributed by atoms with E-state index in [-0.39, 0.29) is 17.2 Å². The molecule has 1 aromatic carbocycles. The van der Waals surface area contributed by atoms with Crippen LogP contribution in [0.5, 0.6) is 0 Å². The quantitative estimate of drug-likeness (QED) is 0.909. The topological polar surface area (TPSA) is 54.0 Å². The van der Waals surface area contributed by atoms with Gasteiger partial charge in [0.15, 0.2) is 5.82 Å². The van der Waals surface area contributed by atoms with Crippen molar-refractivity contribution in [2.45, 2.75) is 6.92 Å². The zero-order valence-electron chi connectivity index (χ0n) is 11.3. The normalized spacial score (nSPS) is 10.9. The minimum Gasteiger partial charge on any atom is -0.338 e. The molecule has 4 nitrogen and oxygen atoms in total. The van der Waals surface area contributed by atoms with E-state index in [1.165, 1.54) is 6.92 Å². The number of aromatic nitrogens is 1. The number of nitrogens with zero attached hydrogens (tertiary/aromatic N) is 1. The molecule has 20 heavy (non-hydrogen) atoms. The van der Waals surface area contributed by atoms with Gasteiger partial charge in [0, 0.05) is 13.0 Å². The zero-order chi connectivity index (χ0) is 15.6. The van der Waals surface area contributed by atoms with Gasteiger partial charge in [-0.15, -0.1) is 0 Å². The van der Waals surface area contributed by atoms with Crippen molar-refractivity contribution < 1.29 is 19.3 Å². The highest BCUT2D eigenvalue weighted by Crippen LogP contribution is 2.29. The molecule has 2 N–H and O–H groups in total. The SMILES string of the molecule is [2H]c1cc(Nc2cc(F)cc(F)c2NC(C)=O)ncc1F. The fourth-order valence-electron chi connectivity index (χ4n) is 1.52. The second-order valence-corrected chi connectivity index (χ2v) is 3.90. The first-order valence-electron chi connectivity index (χ1n) is 6.02. The van der Waals surface area contributed by atoms with Gasteiger partial charge < -0.3 is 10.6 Å². The molecule has 0 aliphatic heterocycles. The molecule has 104 valence electrons. The second kappa shape index (κ2) is 5.60. The van der Waals surface area contributed by atoms with Crippen molar-refractivity contribution in [3.8, 4) is 0 Å². The monoisotopic (exact) mass is 282 g/mol. The van der Waals surface area contributed by atoms with Gasteiger partial charge in [-0.3, -0.25) is 4.79 Å². The summed E-state index contributed by atoms with van der Waals surface area (Å²) in [6.07, 6.45) is 0.804. The van der Waals surface area contributed by atoms with Crippen molar-refractivity contribution in [3.63, 3.8) is 0 Å². The summed E-state index contributed by atoms with van der Waals surface area (Å²) in [5.41, 5.74) is -0.359. The Morgan fingerprint density at radius 1 is 1.30 bits per heavy atom. The first-order chi connectivity index (χ1) is 9.86. The largest absolute Gasteiger partial charge is 0.338 e. The molecule has 1 amide bonds. The molecule has 0 fully saturated rings. The molecule has 0 saturated carbocycles. The number of carbonyl (C=O) groups is 1. The lowest BCUT2D eigenvalue weighted by Crippen LogP contribution is -2.10. The van der Waals surface area contributed by atoms with Crippen molar-refractivity contribution in [1.82, 2.24) is 4.98 Å². The summed E-state index contributed by atoms with van der Waals surface area (Å²) in [5.74, 6) is -3.19. The summed E-state index contributed by atoms with van der Waals surface area (Å²) >= 11 is 0. The van der Waals surface area contributed by atoms with Gasteiger partial charge in [0.25, 0.3) is 0 Å². The minimum absolute atomic E-state index is 0.0120. The maximum atomic E-state index is 13.7. The lowest BCUT2D eigenvalue weighted by Gasteiger charge is -2.13. The maximum absolute atomic E-state index is 13.7. The number of halogens is 3. The number of rotatable bonds is 3. The Bertz CT molecular complexity index is 709. The third-order valence-electron chi connectivity index (χ3n) is 2.28. The summed E-state index contributed by atoms with van der Waals surface area (Å²) in [5, 5.41) is 4.76. The standard InChI is InChI=1S/C13H10F3N3O/c1-7(20)18-13-10(16)4-9(15)5-11(13)19-12-3-2-8(14)6-17-12/h2-6H,1H3,(H,17,19)(H,18,20)/i2D. The van der Waals surface area contributed by atoms with Crippen LogP contribution in [0.15, 0.2) is 30.4 Å². The summed E-state index contributed by atoms with van der Waals surface area (Å²) in [6.45, 7) is 1.17. The van der Waals surface area contributed by atoms with E-state index in [1.54, 1.807) is 0 Å². The highest BCUT2D eigenvalue weighted by atomic mass is 19.1. The molecule has 0 radical (unpaired) electrons. The van der Waals surface area contributed by atoms with Crippen molar-refractivity contribution in [3.05, 3.63) is 47.9 Å². The third-order valence-corrected chi connectivity index (χ3v) is 2.28. The molecule has 0 spiro atoms. The lowest BCUT2D eigenvalue weighted by atomic mass is 10.2. The van der Waals surface area contributed by atoms with E-state index in [1.807, 2.05) is 0 Å². The molecule has 0 aliphatic rings. The molecule has 0 unspecified atom stereocenters. The van der Waals surface area contributed by atoms with Gasteiger partial charge in [0.05, 0.1) is 13.3 Å². The molecular formula is C13H10F3N3O. The Balaban J connectivity index is 2.42. The lowest BCUT2D eigenvalue weighted by molar-refractivity contribution is -0.114. The predicted molar refractivity (Wildman–Crippen MR) is 68.1 cm³/mol. The first-order valence-corrected chi connectivity index (χ1v) is 5.52. The van der Waals surface area contributed by atoms with Crippen LogP contribution in [0.25, 0.3) is 0 Å². The van der Waals surface area contributed by atoms with Gasteiger partial charge in [-0.05, 0) is 18.2 Å². The maximum Gasteiger partial charge on any atom is 0.221 e. The van der Waals surface area contributed by atoms with Gasteiger partial charge in [-0.25, -0.2) is 18.2 Å².